The molecule has 0 spiro atoms. The average Bonchev–Trinajstić information content (AvgIpc) is 3.54. The number of aliphatic hydroxyl groups is 1. The summed E-state index contributed by atoms with van der Waals surface area (Å²) in [4.78, 5) is 38.9. The van der Waals surface area contributed by atoms with Gasteiger partial charge in [0.15, 0.2) is 8.32 Å². The number of aryl methyl sites for hydroxylation is 2. The summed E-state index contributed by atoms with van der Waals surface area (Å²) in [5.41, 5.74) is 9.36. The highest BCUT2D eigenvalue weighted by molar-refractivity contribution is 14.1. The number of carbonyl (C=O) groups excluding carboxylic acids is 2. The molecule has 81 heavy (non-hydrogen) atoms. The minimum atomic E-state index is -1.79. The van der Waals surface area contributed by atoms with Crippen LogP contribution in [0, 0.1) is 41.1 Å². The van der Waals surface area contributed by atoms with Gasteiger partial charge in [-0.3, -0.25) is 9.59 Å². The third-order valence-corrected chi connectivity index (χ3v) is 24.2. The fraction of sp³-hybridized carbons (Fsp3) is 0.551. The fourth-order valence-corrected chi connectivity index (χ4v) is 14.9. The number of pyridine rings is 1. The molecule has 1 N–H and O–H groups in total. The molecule has 4 aliphatic carbocycles. The van der Waals surface area contributed by atoms with E-state index in [-0.39, 0.29) is 28.9 Å². The van der Waals surface area contributed by atoms with Crippen molar-refractivity contribution in [1.82, 2.24) is 4.98 Å². The van der Waals surface area contributed by atoms with Gasteiger partial charge < -0.3 is 33.7 Å². The molecular weight excluding hydrogens is 1140 g/mol. The summed E-state index contributed by atoms with van der Waals surface area (Å²) in [6, 6.07) is 34.2. The minimum absolute atomic E-state index is 0.0262. The number of hydrogen-bond acceptors (Lipinski definition) is 8. The van der Waals surface area contributed by atoms with Crippen molar-refractivity contribution < 1.29 is 28.6 Å². The fourth-order valence-electron chi connectivity index (χ4n) is 12.9. The molecule has 438 valence electrons. The molecule has 4 saturated carbocycles. The first-order valence-electron chi connectivity index (χ1n) is 30.5. The third-order valence-electron chi connectivity index (χ3n) is 19.0. The van der Waals surface area contributed by atoms with Crippen LogP contribution in [-0.2, 0) is 14.0 Å². The van der Waals surface area contributed by atoms with Crippen LogP contribution in [0.1, 0.15) is 158 Å². The van der Waals surface area contributed by atoms with E-state index in [2.05, 4.69) is 176 Å². The molecule has 0 bridgehead atoms. The number of carbonyl (C=O) groups is 2. The van der Waals surface area contributed by atoms with Crippen LogP contribution in [-0.4, -0.2) is 83.8 Å². The zero-order valence-corrected chi connectivity index (χ0v) is 54.0. The summed E-state index contributed by atoms with van der Waals surface area (Å²) in [6.07, 6.45) is 17.9. The summed E-state index contributed by atoms with van der Waals surface area (Å²) in [6.45, 7) is 17.4. The zero-order valence-electron chi connectivity index (χ0n) is 50.8. The second-order valence-corrected chi connectivity index (χ2v) is 32.0. The van der Waals surface area contributed by atoms with E-state index in [4.69, 9.17) is 13.9 Å². The van der Waals surface area contributed by atoms with Crippen LogP contribution < -0.4 is 24.2 Å². The molecule has 1 aromatic heterocycles. The number of methoxy groups -OCH3 is 2. The van der Waals surface area contributed by atoms with Gasteiger partial charge in [0.2, 0.25) is 11.8 Å². The number of ether oxygens (including phenoxy) is 2. The van der Waals surface area contributed by atoms with Crippen molar-refractivity contribution in [1.29, 1.82) is 0 Å². The van der Waals surface area contributed by atoms with E-state index in [1.807, 2.05) is 31.3 Å². The van der Waals surface area contributed by atoms with Crippen molar-refractivity contribution >= 4 is 59.9 Å². The Morgan fingerprint density at radius 2 is 1.09 bits per heavy atom. The first-order valence-corrected chi connectivity index (χ1v) is 34.5. The summed E-state index contributed by atoms with van der Waals surface area (Å²) >= 11 is 2.37. The molecule has 0 unspecified atom stereocenters. The number of anilines is 3. The zero-order chi connectivity index (χ0) is 58.0. The Balaban J connectivity index is 0.000000213. The highest BCUT2D eigenvalue weighted by atomic mass is 127. The van der Waals surface area contributed by atoms with E-state index in [0.717, 1.165) is 130 Å². The van der Waals surface area contributed by atoms with Crippen molar-refractivity contribution in [3.05, 3.63) is 129 Å². The first kappa shape index (κ1) is 62.3. The number of aromatic nitrogens is 1. The topological polar surface area (TPSA) is 105 Å². The van der Waals surface area contributed by atoms with E-state index in [1.54, 1.807) is 14.2 Å². The third kappa shape index (κ3) is 16.3. The summed E-state index contributed by atoms with van der Waals surface area (Å²) in [7, 11) is 5.65. The molecule has 5 aromatic rings. The summed E-state index contributed by atoms with van der Waals surface area (Å²) in [5.74, 6) is 5.58. The summed E-state index contributed by atoms with van der Waals surface area (Å²) in [5, 5.41) is 10.3. The van der Waals surface area contributed by atoms with Gasteiger partial charge in [-0.2, -0.15) is 0 Å². The first-order chi connectivity index (χ1) is 38.7. The predicted molar refractivity (Wildman–Crippen MR) is 345 cm³/mol. The molecule has 0 atom stereocenters. The van der Waals surface area contributed by atoms with Gasteiger partial charge in [-0.05, 0) is 263 Å². The number of rotatable bonds is 16. The number of aliphatic hydroxyl groups excluding tert-OH is 1. The Morgan fingerprint density at radius 3 is 1.52 bits per heavy atom. The number of nitrogens with zero attached hydrogens (tertiary/aromatic N) is 4. The number of benzene rings is 4. The molecular formula is C69H95IN4O6Si. The van der Waals surface area contributed by atoms with E-state index < -0.39 is 8.32 Å². The average molecular weight is 1230 g/mol. The maximum Gasteiger partial charge on any atom is 0.230 e. The molecule has 4 fully saturated rings. The molecule has 0 saturated heterocycles. The van der Waals surface area contributed by atoms with E-state index in [0.29, 0.717) is 48.5 Å². The minimum Gasteiger partial charge on any atom is -0.496 e. The molecule has 10 nitrogen and oxygen atoms in total. The summed E-state index contributed by atoms with van der Waals surface area (Å²) < 4.78 is 18.8. The molecule has 0 aliphatic heterocycles. The largest absolute Gasteiger partial charge is 0.496 e. The molecule has 4 aliphatic rings. The SMILES string of the molecule is COc1ccc(C2CCC(CN(C(=O)C3CCC(O)CC3)c3cccc(-c4ccc(N(C)C)nc4)c3)CC2)cc1C.COc1ccc(C2CCC(CN(C(=O)C3CCC(O[Si](C)(C)C(C)(C)C)CC3)c3cccc(I)c3)CC2)cc1C. The Hall–Kier alpha value is -4.76. The molecule has 0 radical (unpaired) electrons. The highest BCUT2D eigenvalue weighted by Gasteiger charge is 2.41. The Morgan fingerprint density at radius 1 is 0.605 bits per heavy atom. The Bertz CT molecular complexity index is 2840. The highest BCUT2D eigenvalue weighted by Crippen LogP contribution is 2.43. The lowest BCUT2D eigenvalue weighted by Crippen LogP contribution is -2.46. The van der Waals surface area contributed by atoms with Crippen molar-refractivity contribution in [2.24, 2.45) is 23.7 Å². The Kier molecular flexibility index (Phi) is 21.7. The van der Waals surface area contributed by atoms with Gasteiger partial charge in [-0.1, -0.05) is 63.2 Å². The Labute approximate surface area is 501 Å². The van der Waals surface area contributed by atoms with Crippen LogP contribution in [0.3, 0.4) is 0 Å². The van der Waals surface area contributed by atoms with Gasteiger partial charge in [-0.25, -0.2) is 4.98 Å². The van der Waals surface area contributed by atoms with Gasteiger partial charge in [-0.15, -0.1) is 0 Å². The van der Waals surface area contributed by atoms with Gasteiger partial charge in [0.05, 0.1) is 20.3 Å². The second-order valence-electron chi connectivity index (χ2n) is 26.0. The van der Waals surface area contributed by atoms with Crippen LogP contribution in [0.4, 0.5) is 17.2 Å². The standard InChI is InChI=1S/C35H45N3O3.C34H50INO3Si/c1-24-20-29(14-18-33(24)41-4)26-10-8-25(9-11-26)23-38(35(40)27-12-16-32(39)17-13-27)31-7-5-6-28(21-31)30-15-19-34(36-22-30)37(2)3;1-24-21-28(17-20-32(24)38-5)26-13-11-25(12-14-26)23-36(30-10-8-9-29(35)22-30)33(37)27-15-18-31(19-16-27)39-40(6,7)34(2,3)4/h5-7,14-15,18-22,25-27,32,39H,8-13,16-17,23H2,1-4H3;8-10,17,20-22,25-27,31H,11-16,18-19,23H2,1-7H3. The normalized spacial score (nSPS) is 23.3. The lowest BCUT2D eigenvalue weighted by atomic mass is 9.78. The molecule has 4 aromatic carbocycles. The lowest BCUT2D eigenvalue weighted by Gasteiger charge is -2.41. The predicted octanol–water partition coefficient (Wildman–Crippen LogP) is 16.5. The molecule has 1 heterocycles. The number of halogens is 1. The van der Waals surface area contributed by atoms with Crippen molar-refractivity contribution in [2.45, 2.75) is 180 Å². The van der Waals surface area contributed by atoms with E-state index in [9.17, 15) is 14.7 Å². The maximum atomic E-state index is 14.1. The maximum absolute atomic E-state index is 14.1. The molecule has 2 amide bonds. The number of amides is 2. The van der Waals surface area contributed by atoms with Gasteiger partial charge in [0, 0.05) is 71.8 Å². The van der Waals surface area contributed by atoms with Crippen molar-refractivity contribution in [3.63, 3.8) is 0 Å². The smallest absolute Gasteiger partial charge is 0.230 e. The molecule has 12 heteroatoms. The van der Waals surface area contributed by atoms with E-state index >= 15 is 0 Å². The number of hydrogen-bond donors (Lipinski definition) is 1. The second kappa shape index (κ2) is 28.2. The molecule has 9 rings (SSSR count). The van der Waals surface area contributed by atoms with Crippen LogP contribution >= 0.6 is 22.6 Å². The van der Waals surface area contributed by atoms with Crippen LogP contribution in [0.5, 0.6) is 11.5 Å². The lowest BCUT2D eigenvalue weighted by molar-refractivity contribution is -0.124. The van der Waals surface area contributed by atoms with E-state index in [1.165, 1.54) is 38.7 Å². The van der Waals surface area contributed by atoms with Gasteiger partial charge in [0.1, 0.15) is 17.3 Å². The van der Waals surface area contributed by atoms with Gasteiger partial charge >= 0.3 is 0 Å². The quantitative estimate of drug-likeness (QED) is 0.0770. The van der Waals surface area contributed by atoms with Crippen LogP contribution in [0.25, 0.3) is 11.1 Å². The van der Waals surface area contributed by atoms with Crippen molar-refractivity contribution in [3.8, 4) is 22.6 Å². The van der Waals surface area contributed by atoms with Crippen LogP contribution in [0.2, 0.25) is 18.1 Å². The monoisotopic (exact) mass is 1230 g/mol. The van der Waals surface area contributed by atoms with Crippen LogP contribution in [0.15, 0.2) is 103 Å². The van der Waals surface area contributed by atoms with Crippen molar-refractivity contribution in [2.75, 3.05) is 56.1 Å². The van der Waals surface area contributed by atoms with Gasteiger partial charge in [0.25, 0.3) is 0 Å².